The smallest absolute Gasteiger partial charge is 0.339 e. The molecule has 1 aromatic carbocycles. The summed E-state index contributed by atoms with van der Waals surface area (Å²) in [6.45, 7) is 4.18. The molecule has 0 saturated carbocycles. The van der Waals surface area contributed by atoms with Crippen molar-refractivity contribution < 1.29 is 9.90 Å². The van der Waals surface area contributed by atoms with E-state index in [-0.39, 0.29) is 17.3 Å². The molecule has 1 heterocycles. The Hall–Kier alpha value is -2.49. The third kappa shape index (κ3) is 6.10. The minimum Gasteiger partial charge on any atom is -0.478 e. The number of hydrogen-bond acceptors (Lipinski definition) is 3. The number of hydrogen-bond donors (Lipinski definition) is 1. The maximum Gasteiger partial charge on any atom is 0.339 e. The van der Waals surface area contributed by atoms with Gasteiger partial charge < -0.3 is 5.11 Å². The Bertz CT molecular complexity index is 709. The fourth-order valence-electron chi connectivity index (χ4n) is 2.90. The summed E-state index contributed by atoms with van der Waals surface area (Å²) in [5.74, 6) is -0.751. The SMILES string of the molecule is CCCCCCCc1cnc(/C(=C\C(C)c2ccccc2)C(=O)O)nc1. The quantitative estimate of drug-likeness (QED) is 0.468. The van der Waals surface area contributed by atoms with Crippen LogP contribution >= 0.6 is 0 Å². The molecule has 0 saturated heterocycles. The molecular formula is C22H28N2O2. The van der Waals surface area contributed by atoms with E-state index in [1.807, 2.05) is 37.3 Å². The summed E-state index contributed by atoms with van der Waals surface area (Å²) in [5.41, 5.74) is 2.27. The number of aliphatic carboxylic acids is 1. The first-order valence-corrected chi connectivity index (χ1v) is 9.43. The number of aryl methyl sites for hydroxylation is 1. The molecule has 2 aromatic rings. The largest absolute Gasteiger partial charge is 0.478 e. The van der Waals surface area contributed by atoms with Gasteiger partial charge in [-0.3, -0.25) is 0 Å². The van der Waals surface area contributed by atoms with E-state index in [0.29, 0.717) is 0 Å². The van der Waals surface area contributed by atoms with Crippen LogP contribution in [0.5, 0.6) is 0 Å². The van der Waals surface area contributed by atoms with Gasteiger partial charge in [0.1, 0.15) is 5.57 Å². The van der Waals surface area contributed by atoms with Crippen molar-refractivity contribution in [3.63, 3.8) is 0 Å². The van der Waals surface area contributed by atoms with Gasteiger partial charge in [0, 0.05) is 18.3 Å². The number of carboxylic acid groups (broad SMARTS) is 1. The molecule has 138 valence electrons. The van der Waals surface area contributed by atoms with E-state index in [1.165, 1.54) is 25.7 Å². The zero-order valence-corrected chi connectivity index (χ0v) is 15.7. The number of aromatic nitrogens is 2. The van der Waals surface area contributed by atoms with Gasteiger partial charge in [0.05, 0.1) is 0 Å². The summed E-state index contributed by atoms with van der Waals surface area (Å²) in [4.78, 5) is 20.3. The summed E-state index contributed by atoms with van der Waals surface area (Å²) >= 11 is 0. The van der Waals surface area contributed by atoms with Crippen LogP contribution < -0.4 is 0 Å². The van der Waals surface area contributed by atoms with E-state index in [2.05, 4.69) is 16.9 Å². The number of allylic oxidation sites excluding steroid dienone is 1. The van der Waals surface area contributed by atoms with Crippen molar-refractivity contribution >= 4 is 11.5 Å². The van der Waals surface area contributed by atoms with Crippen LogP contribution in [-0.4, -0.2) is 21.0 Å². The van der Waals surface area contributed by atoms with Crippen molar-refractivity contribution in [3.8, 4) is 0 Å². The molecule has 0 fully saturated rings. The highest BCUT2D eigenvalue weighted by molar-refractivity contribution is 6.14. The van der Waals surface area contributed by atoms with E-state index in [0.717, 1.165) is 24.0 Å². The molecule has 1 unspecified atom stereocenters. The van der Waals surface area contributed by atoms with Gasteiger partial charge >= 0.3 is 5.97 Å². The lowest BCUT2D eigenvalue weighted by atomic mass is 9.98. The summed E-state index contributed by atoms with van der Waals surface area (Å²) in [5, 5.41) is 9.57. The van der Waals surface area contributed by atoms with Crippen molar-refractivity contribution in [2.45, 2.75) is 58.3 Å². The van der Waals surface area contributed by atoms with Crippen molar-refractivity contribution in [2.24, 2.45) is 0 Å². The van der Waals surface area contributed by atoms with Crippen LogP contribution in [0.3, 0.4) is 0 Å². The molecule has 4 heteroatoms. The molecule has 4 nitrogen and oxygen atoms in total. The van der Waals surface area contributed by atoms with Gasteiger partial charge in [-0.2, -0.15) is 0 Å². The Labute approximate surface area is 156 Å². The first-order chi connectivity index (χ1) is 12.6. The molecule has 0 aliphatic carbocycles. The summed E-state index contributed by atoms with van der Waals surface area (Å²) in [6.07, 6.45) is 12.3. The fraction of sp³-hybridized carbons (Fsp3) is 0.409. The third-order valence-electron chi connectivity index (χ3n) is 4.49. The summed E-state index contributed by atoms with van der Waals surface area (Å²) in [6, 6.07) is 9.83. The number of nitrogens with zero attached hydrogens (tertiary/aromatic N) is 2. The van der Waals surface area contributed by atoms with Gasteiger partial charge in [0.2, 0.25) is 0 Å². The summed E-state index contributed by atoms with van der Waals surface area (Å²) in [7, 11) is 0. The molecule has 0 aliphatic rings. The van der Waals surface area contributed by atoms with Crippen molar-refractivity contribution in [2.75, 3.05) is 0 Å². The maximum atomic E-state index is 11.7. The van der Waals surface area contributed by atoms with Gasteiger partial charge in [-0.05, 0) is 24.0 Å². The van der Waals surface area contributed by atoms with Crippen LogP contribution in [0.1, 0.15) is 68.8 Å². The lowest BCUT2D eigenvalue weighted by Gasteiger charge is -2.09. The minimum absolute atomic E-state index is 0.0239. The molecule has 1 aromatic heterocycles. The average Bonchev–Trinajstić information content (AvgIpc) is 2.67. The Morgan fingerprint density at radius 2 is 1.73 bits per heavy atom. The van der Waals surface area contributed by atoms with Crippen LogP contribution in [0.2, 0.25) is 0 Å². The first kappa shape index (κ1) is 19.8. The number of benzene rings is 1. The van der Waals surface area contributed by atoms with Crippen molar-refractivity contribution in [3.05, 3.63) is 65.8 Å². The highest BCUT2D eigenvalue weighted by Gasteiger charge is 2.15. The molecular weight excluding hydrogens is 324 g/mol. The average molecular weight is 352 g/mol. The van der Waals surface area contributed by atoms with Gasteiger partial charge in [-0.15, -0.1) is 0 Å². The standard InChI is InChI=1S/C22H28N2O2/c1-3-4-5-6-8-11-18-15-23-21(24-16-18)20(22(25)26)14-17(2)19-12-9-7-10-13-19/h7,9-10,12-17H,3-6,8,11H2,1-2H3,(H,25,26)/b20-14+. The second-order valence-electron chi connectivity index (χ2n) is 6.66. The van der Waals surface area contributed by atoms with E-state index in [4.69, 9.17) is 0 Å². The number of carbonyl (C=O) groups is 1. The normalized spacial score (nSPS) is 12.8. The van der Waals surface area contributed by atoms with Crippen molar-refractivity contribution in [1.29, 1.82) is 0 Å². The van der Waals surface area contributed by atoms with Gasteiger partial charge in [-0.1, -0.05) is 75.9 Å². The van der Waals surface area contributed by atoms with Gasteiger partial charge in [0.25, 0.3) is 0 Å². The molecule has 0 amide bonds. The Morgan fingerprint density at radius 1 is 1.08 bits per heavy atom. The second-order valence-corrected chi connectivity index (χ2v) is 6.66. The molecule has 1 N–H and O–H groups in total. The predicted molar refractivity (Wildman–Crippen MR) is 105 cm³/mol. The summed E-state index contributed by atoms with van der Waals surface area (Å²) < 4.78 is 0. The van der Waals surface area contributed by atoms with Crippen LogP contribution in [0.15, 0.2) is 48.8 Å². The lowest BCUT2D eigenvalue weighted by molar-refractivity contribution is -0.130. The van der Waals surface area contributed by atoms with Crippen LogP contribution in [0, 0.1) is 0 Å². The zero-order chi connectivity index (χ0) is 18.8. The number of rotatable bonds is 10. The van der Waals surface area contributed by atoms with Crippen molar-refractivity contribution in [1.82, 2.24) is 9.97 Å². The van der Waals surface area contributed by atoms with Crippen LogP contribution in [-0.2, 0) is 11.2 Å². The van der Waals surface area contributed by atoms with Gasteiger partial charge in [-0.25, -0.2) is 14.8 Å². The van der Waals surface area contributed by atoms with E-state index < -0.39 is 5.97 Å². The highest BCUT2D eigenvalue weighted by Crippen LogP contribution is 2.21. The molecule has 26 heavy (non-hydrogen) atoms. The first-order valence-electron chi connectivity index (χ1n) is 9.43. The van der Waals surface area contributed by atoms with Gasteiger partial charge in [0.15, 0.2) is 5.82 Å². The lowest BCUT2D eigenvalue weighted by Crippen LogP contribution is -2.06. The van der Waals surface area contributed by atoms with Crippen LogP contribution in [0.4, 0.5) is 0 Å². The predicted octanol–water partition coefficient (Wildman–Crippen LogP) is 5.26. The minimum atomic E-state index is -1.000. The number of carboxylic acids is 1. The highest BCUT2D eigenvalue weighted by atomic mass is 16.4. The third-order valence-corrected chi connectivity index (χ3v) is 4.49. The van der Waals surface area contributed by atoms with E-state index >= 15 is 0 Å². The second kappa shape index (κ2) is 10.5. The zero-order valence-electron chi connectivity index (χ0n) is 15.7. The number of unbranched alkanes of at least 4 members (excludes halogenated alkanes) is 4. The monoisotopic (exact) mass is 352 g/mol. The Morgan fingerprint density at radius 3 is 2.35 bits per heavy atom. The maximum absolute atomic E-state index is 11.7. The topological polar surface area (TPSA) is 63.1 Å². The van der Waals surface area contributed by atoms with E-state index in [9.17, 15) is 9.90 Å². The fourth-order valence-corrected chi connectivity index (χ4v) is 2.90. The molecule has 0 radical (unpaired) electrons. The Balaban J connectivity index is 2.05. The molecule has 0 bridgehead atoms. The molecule has 2 rings (SSSR count). The molecule has 0 spiro atoms. The molecule has 1 atom stereocenters. The Kier molecular flexibility index (Phi) is 8.00. The molecule has 0 aliphatic heterocycles. The van der Waals surface area contributed by atoms with E-state index in [1.54, 1.807) is 18.5 Å². The van der Waals surface area contributed by atoms with Crippen LogP contribution in [0.25, 0.3) is 5.57 Å².